The van der Waals surface area contributed by atoms with Gasteiger partial charge in [-0.3, -0.25) is 20.5 Å². The fourth-order valence-corrected chi connectivity index (χ4v) is 2.93. The lowest BCUT2D eigenvalue weighted by atomic mass is 9.85. The van der Waals surface area contributed by atoms with Crippen LogP contribution in [0.1, 0.15) is 16.8 Å². The van der Waals surface area contributed by atoms with Gasteiger partial charge in [0.1, 0.15) is 11.6 Å². The van der Waals surface area contributed by atoms with Gasteiger partial charge in [0.2, 0.25) is 5.54 Å². The number of benzene rings is 1. The Morgan fingerprint density at radius 3 is 2.58 bits per heavy atom. The number of carbonyl (C=O) groups excluding carboxylic acids is 1. The van der Waals surface area contributed by atoms with Crippen molar-refractivity contribution in [2.75, 3.05) is 7.05 Å². The Balaban J connectivity index is 2.21. The Labute approximate surface area is 147 Å². The van der Waals surface area contributed by atoms with Crippen molar-refractivity contribution in [1.82, 2.24) is 9.88 Å². The number of nitrogens with zero attached hydrogens (tertiary/aromatic N) is 2. The van der Waals surface area contributed by atoms with Crippen LogP contribution >= 0.6 is 0 Å². The van der Waals surface area contributed by atoms with Crippen molar-refractivity contribution in [3.05, 3.63) is 59.2 Å². The molecule has 1 aliphatic heterocycles. The van der Waals surface area contributed by atoms with Gasteiger partial charge in [0, 0.05) is 17.8 Å². The molecule has 9 heteroatoms. The van der Waals surface area contributed by atoms with Crippen molar-refractivity contribution in [3.8, 4) is 5.75 Å². The van der Waals surface area contributed by atoms with Crippen LogP contribution in [0.15, 0.2) is 36.5 Å². The van der Waals surface area contributed by atoms with Crippen LogP contribution in [0.2, 0.25) is 0 Å². The molecule has 0 spiro atoms. The normalized spacial score (nSPS) is 19.8. The number of halogens is 3. The van der Waals surface area contributed by atoms with Gasteiger partial charge in [-0.15, -0.1) is 0 Å². The van der Waals surface area contributed by atoms with E-state index in [0.29, 0.717) is 11.1 Å². The number of aryl methyl sites for hydroxylation is 1. The molecule has 136 valence electrons. The predicted molar refractivity (Wildman–Crippen MR) is 85.7 cm³/mol. The summed E-state index contributed by atoms with van der Waals surface area (Å²) < 4.78 is 43.2. The highest BCUT2D eigenvalue weighted by molar-refractivity contribution is 6.03. The van der Waals surface area contributed by atoms with Gasteiger partial charge in [-0.05, 0) is 30.7 Å². The number of nitrogens with one attached hydrogen (secondary N) is 1. The number of carbonyl (C=O) groups is 1. The Bertz CT molecular complexity index is 903. The number of pyridine rings is 1. The molecule has 1 amide bonds. The molecule has 3 rings (SSSR count). The van der Waals surface area contributed by atoms with Crippen molar-refractivity contribution >= 4 is 11.9 Å². The van der Waals surface area contributed by atoms with Gasteiger partial charge in [0.15, 0.2) is 0 Å². The molecule has 26 heavy (non-hydrogen) atoms. The molecule has 1 aliphatic rings. The topological polar surface area (TPSA) is 82.4 Å². The van der Waals surface area contributed by atoms with E-state index in [1.54, 1.807) is 6.92 Å². The average molecular weight is 365 g/mol. The van der Waals surface area contributed by atoms with Crippen LogP contribution < -0.4 is 15.5 Å². The quantitative estimate of drug-likeness (QED) is 0.813. The molecule has 1 atom stereocenters. The summed E-state index contributed by atoms with van der Waals surface area (Å²) in [5, 5.41) is 0. The largest absolute Gasteiger partial charge is 0.435 e. The number of aromatic nitrogens is 1. The zero-order valence-corrected chi connectivity index (χ0v) is 14.0. The number of rotatable bonds is 4. The van der Waals surface area contributed by atoms with E-state index in [4.69, 9.17) is 5.73 Å². The van der Waals surface area contributed by atoms with E-state index in [1.807, 2.05) is 0 Å². The number of amides is 1. The van der Waals surface area contributed by atoms with Crippen LogP contribution in [0, 0.1) is 12.7 Å². The summed E-state index contributed by atoms with van der Waals surface area (Å²) in [7, 11) is 1.47. The third-order valence-corrected chi connectivity index (χ3v) is 4.23. The summed E-state index contributed by atoms with van der Waals surface area (Å²) in [5.41, 5.74) is 5.12. The van der Waals surface area contributed by atoms with E-state index in [0.717, 1.165) is 12.1 Å². The summed E-state index contributed by atoms with van der Waals surface area (Å²) in [4.78, 5) is 21.1. The number of nitrogens with two attached hydrogens (primary N) is 1. The first kappa shape index (κ1) is 17.7. The van der Waals surface area contributed by atoms with Crippen molar-refractivity contribution in [3.63, 3.8) is 0 Å². The van der Waals surface area contributed by atoms with Gasteiger partial charge in [0.25, 0.3) is 0 Å². The number of likely N-dealkylation sites (N-methyl/N-ethyl adjacent to an activating group) is 1. The Morgan fingerprint density at radius 1 is 1.31 bits per heavy atom. The average Bonchev–Trinajstić information content (AvgIpc) is 2.81. The van der Waals surface area contributed by atoms with Crippen LogP contribution in [0.5, 0.6) is 5.75 Å². The van der Waals surface area contributed by atoms with E-state index in [-0.39, 0.29) is 17.4 Å². The zero-order valence-electron chi connectivity index (χ0n) is 14.0. The number of hydrogen-bond donors (Lipinski definition) is 2. The van der Waals surface area contributed by atoms with Gasteiger partial charge in [-0.25, -0.2) is 9.29 Å². The minimum Gasteiger partial charge on any atom is -0.435 e. The number of alkyl halides is 2. The second-order valence-electron chi connectivity index (χ2n) is 5.84. The highest BCUT2D eigenvalue weighted by Gasteiger charge is 2.55. The minimum atomic E-state index is -2.97. The van der Waals surface area contributed by atoms with Gasteiger partial charge in [-0.1, -0.05) is 6.07 Å². The lowest BCUT2D eigenvalue weighted by Crippen LogP contribution is -2.85. The van der Waals surface area contributed by atoms with Crippen LogP contribution in [-0.4, -0.2) is 35.4 Å². The van der Waals surface area contributed by atoms with Gasteiger partial charge in [-0.2, -0.15) is 8.78 Å². The third kappa shape index (κ3) is 2.75. The van der Waals surface area contributed by atoms with Crippen LogP contribution in [0.3, 0.4) is 0 Å². The monoisotopic (exact) mass is 365 g/mol. The zero-order chi connectivity index (χ0) is 19.1. The van der Waals surface area contributed by atoms with Crippen LogP contribution in [-0.2, 0) is 10.3 Å². The smallest absolute Gasteiger partial charge is 0.387 e. The molecule has 0 bridgehead atoms. The third-order valence-electron chi connectivity index (χ3n) is 4.23. The molecule has 0 radical (unpaired) electrons. The summed E-state index contributed by atoms with van der Waals surface area (Å²) in [6.07, 6.45) is 1.23. The van der Waals surface area contributed by atoms with E-state index in [9.17, 15) is 18.0 Å². The van der Waals surface area contributed by atoms with E-state index in [2.05, 4.69) is 14.7 Å². The maximum Gasteiger partial charge on any atom is 0.387 e. The molecule has 3 N–H and O–H groups in total. The standard InChI is InChI=1S/C17H15F3N4O2/c1-9-7-10(3-4-12(9)26-15(19)20)17(13-8-11(18)5-6-22-13)14(25)24(2)16(21)23-17/h3-8,15H,1-2H3,(H2,21,23)/p+1. The van der Waals surface area contributed by atoms with Gasteiger partial charge >= 0.3 is 18.5 Å². The Hall–Kier alpha value is -3.10. The minimum absolute atomic E-state index is 0.0261. The molecule has 2 aromatic rings. The first-order valence-corrected chi connectivity index (χ1v) is 7.62. The van der Waals surface area contributed by atoms with Crippen molar-refractivity contribution < 1.29 is 27.7 Å². The second kappa shape index (κ2) is 6.32. The first-order valence-electron chi connectivity index (χ1n) is 7.62. The lowest BCUT2D eigenvalue weighted by molar-refractivity contribution is -0.526. The van der Waals surface area contributed by atoms with E-state index >= 15 is 0 Å². The molecule has 0 saturated carbocycles. The molecular weight excluding hydrogens is 349 g/mol. The van der Waals surface area contributed by atoms with Crippen LogP contribution in [0.4, 0.5) is 13.2 Å². The molecular formula is C17H16F3N4O2+. The number of guanidine groups is 1. The highest BCUT2D eigenvalue weighted by Crippen LogP contribution is 2.32. The van der Waals surface area contributed by atoms with E-state index < -0.39 is 23.9 Å². The predicted octanol–water partition coefficient (Wildman–Crippen LogP) is 0.241. The highest BCUT2D eigenvalue weighted by atomic mass is 19.3. The SMILES string of the molecule is Cc1cc(C2(c3cc(F)ccn3)[NH+]=C(N)N(C)C2=O)ccc1OC(F)F. The Kier molecular flexibility index (Phi) is 4.31. The summed E-state index contributed by atoms with van der Waals surface area (Å²) in [6.45, 7) is -1.41. The summed E-state index contributed by atoms with van der Waals surface area (Å²) in [5.74, 6) is -1.02. The maximum atomic E-state index is 13.8. The van der Waals surface area contributed by atoms with Crippen LogP contribution in [0.25, 0.3) is 0 Å². The fraction of sp³-hybridized carbons (Fsp3) is 0.235. The second-order valence-corrected chi connectivity index (χ2v) is 5.84. The molecule has 2 heterocycles. The molecule has 0 fully saturated rings. The summed E-state index contributed by atoms with van der Waals surface area (Å²) >= 11 is 0. The summed E-state index contributed by atoms with van der Waals surface area (Å²) in [6, 6.07) is 6.53. The molecule has 6 nitrogen and oxygen atoms in total. The molecule has 0 saturated heterocycles. The van der Waals surface area contributed by atoms with Gasteiger partial charge < -0.3 is 4.74 Å². The molecule has 1 aromatic carbocycles. The fourth-order valence-electron chi connectivity index (χ4n) is 2.93. The lowest BCUT2D eigenvalue weighted by Gasteiger charge is -2.23. The maximum absolute atomic E-state index is 13.8. The molecule has 1 aromatic heterocycles. The van der Waals surface area contributed by atoms with Crippen molar-refractivity contribution in [1.29, 1.82) is 0 Å². The molecule has 0 aliphatic carbocycles. The number of ether oxygens (including phenoxy) is 1. The Morgan fingerprint density at radius 2 is 2.04 bits per heavy atom. The van der Waals surface area contributed by atoms with E-state index in [1.165, 1.54) is 36.3 Å². The van der Waals surface area contributed by atoms with Gasteiger partial charge in [0.05, 0.1) is 12.7 Å². The first-order chi connectivity index (χ1) is 12.3. The van der Waals surface area contributed by atoms with Crippen molar-refractivity contribution in [2.24, 2.45) is 5.73 Å². The number of hydrogen-bond acceptors (Lipinski definition) is 4. The molecule has 1 unspecified atom stereocenters. The van der Waals surface area contributed by atoms with Crippen molar-refractivity contribution in [2.45, 2.75) is 19.1 Å².